The number of hydrogen-bond donors (Lipinski definition) is 1. The molecule has 3 aromatic rings. The van der Waals surface area contributed by atoms with E-state index >= 15 is 0 Å². The van der Waals surface area contributed by atoms with Crippen LogP contribution in [0.1, 0.15) is 9.67 Å². The summed E-state index contributed by atoms with van der Waals surface area (Å²) in [5.74, 6) is 1.13. The lowest BCUT2D eigenvalue weighted by Gasteiger charge is -2.07. The topological polar surface area (TPSA) is 47.6 Å². The van der Waals surface area contributed by atoms with E-state index in [0.29, 0.717) is 27.9 Å². The van der Waals surface area contributed by atoms with Gasteiger partial charge in [-0.2, -0.15) is 0 Å². The van der Waals surface area contributed by atoms with Crippen molar-refractivity contribution in [2.24, 2.45) is 0 Å². The molecule has 1 amide bonds. The minimum atomic E-state index is -0.258. The van der Waals surface area contributed by atoms with Crippen LogP contribution in [0.15, 0.2) is 55.1 Å². The number of nitrogens with one attached hydrogen (secondary N) is 1. The van der Waals surface area contributed by atoms with Gasteiger partial charge in [-0.05, 0) is 30.3 Å². The number of hydrogen-bond acceptors (Lipinski definition) is 4. The van der Waals surface area contributed by atoms with Gasteiger partial charge in [-0.1, -0.05) is 30.3 Å². The second-order valence-electron chi connectivity index (χ2n) is 5.19. The molecule has 0 radical (unpaired) electrons. The Kier molecular flexibility index (Phi) is 5.26. The molecule has 1 aromatic heterocycles. The smallest absolute Gasteiger partial charge is 0.267 e. The Morgan fingerprint density at radius 3 is 2.88 bits per heavy atom. The monoisotopic (exact) mass is 373 g/mol. The largest absolute Gasteiger partial charge is 0.497 e. The average molecular weight is 374 g/mol. The minimum Gasteiger partial charge on any atom is -0.497 e. The summed E-state index contributed by atoms with van der Waals surface area (Å²) in [5, 5.41) is 4.13. The highest BCUT2D eigenvalue weighted by atomic mass is 35.5. The maximum Gasteiger partial charge on any atom is 0.267 e. The summed E-state index contributed by atoms with van der Waals surface area (Å²) in [6.07, 6.45) is 1.66. The Balaban J connectivity index is 1.85. The predicted molar refractivity (Wildman–Crippen MR) is 103 cm³/mol. The van der Waals surface area contributed by atoms with Gasteiger partial charge in [-0.25, -0.2) is 0 Å². The van der Waals surface area contributed by atoms with Crippen molar-refractivity contribution in [1.82, 2.24) is 0 Å². The molecule has 3 rings (SSSR count). The van der Waals surface area contributed by atoms with Crippen LogP contribution in [-0.2, 0) is 0 Å². The molecule has 0 aliphatic heterocycles. The molecule has 0 saturated heterocycles. The van der Waals surface area contributed by atoms with Gasteiger partial charge in [0.2, 0.25) is 0 Å². The average Bonchev–Trinajstić information content (AvgIpc) is 2.96. The summed E-state index contributed by atoms with van der Waals surface area (Å²) >= 11 is 7.72. The number of thiophene rings is 1. The molecule has 2 aromatic carbocycles. The fourth-order valence-corrected chi connectivity index (χ4v) is 3.77. The van der Waals surface area contributed by atoms with Crippen molar-refractivity contribution < 1.29 is 14.3 Å². The van der Waals surface area contributed by atoms with Crippen LogP contribution in [0.4, 0.5) is 5.69 Å². The first-order chi connectivity index (χ1) is 12.1. The number of methoxy groups -OCH3 is 1. The molecule has 0 saturated carbocycles. The van der Waals surface area contributed by atoms with E-state index in [1.807, 2.05) is 30.3 Å². The Labute approximate surface area is 154 Å². The number of benzene rings is 2. The van der Waals surface area contributed by atoms with E-state index in [1.54, 1.807) is 25.3 Å². The van der Waals surface area contributed by atoms with E-state index < -0.39 is 0 Å². The molecular weight excluding hydrogens is 358 g/mol. The number of carbonyl (C=O) groups is 1. The van der Waals surface area contributed by atoms with Crippen molar-refractivity contribution in [2.75, 3.05) is 19.0 Å². The van der Waals surface area contributed by atoms with Crippen LogP contribution in [0, 0.1) is 0 Å². The van der Waals surface area contributed by atoms with Gasteiger partial charge < -0.3 is 14.8 Å². The van der Waals surface area contributed by atoms with Gasteiger partial charge in [0.1, 0.15) is 23.0 Å². The van der Waals surface area contributed by atoms with Gasteiger partial charge in [0, 0.05) is 21.8 Å². The number of fused-ring (bicyclic) bond motifs is 1. The highest BCUT2D eigenvalue weighted by Crippen LogP contribution is 2.37. The van der Waals surface area contributed by atoms with Gasteiger partial charge >= 0.3 is 0 Å². The summed E-state index contributed by atoms with van der Waals surface area (Å²) in [5.41, 5.74) is 0.637. The summed E-state index contributed by atoms with van der Waals surface area (Å²) in [6.45, 7) is 4.02. The molecule has 0 spiro atoms. The first kappa shape index (κ1) is 17.3. The first-order valence-electron chi connectivity index (χ1n) is 7.53. The molecule has 0 bridgehead atoms. The van der Waals surface area contributed by atoms with E-state index in [2.05, 4.69) is 11.9 Å². The fraction of sp³-hybridized carbons (Fsp3) is 0.105. The van der Waals surface area contributed by atoms with Crippen LogP contribution >= 0.6 is 22.9 Å². The molecular formula is C19H16ClNO3S. The van der Waals surface area contributed by atoms with E-state index in [1.165, 1.54) is 11.3 Å². The maximum atomic E-state index is 12.6. The third kappa shape index (κ3) is 3.78. The zero-order valence-corrected chi connectivity index (χ0v) is 15.1. The fourth-order valence-electron chi connectivity index (χ4n) is 2.33. The van der Waals surface area contributed by atoms with Crippen LogP contribution in [0.25, 0.3) is 10.1 Å². The lowest BCUT2D eigenvalue weighted by Crippen LogP contribution is -2.10. The zero-order valence-electron chi connectivity index (χ0n) is 13.5. The van der Waals surface area contributed by atoms with Crippen molar-refractivity contribution >= 4 is 44.6 Å². The second-order valence-corrected chi connectivity index (χ2v) is 6.62. The number of carbonyl (C=O) groups excluding carboxylic acids is 1. The standard InChI is InChI=1S/C19H16ClNO3S/c1-3-9-24-14-6-4-5-12(10-14)21-19(22)18-17(20)15-8-7-13(23-2)11-16(15)25-18/h3-8,10-11H,1,9H2,2H3,(H,21,22). The third-order valence-corrected chi connectivity index (χ3v) is 5.16. The quantitative estimate of drug-likeness (QED) is 0.590. The number of amides is 1. The van der Waals surface area contributed by atoms with Crippen LogP contribution in [0.5, 0.6) is 11.5 Å². The molecule has 1 N–H and O–H groups in total. The molecule has 0 aliphatic rings. The predicted octanol–water partition coefficient (Wildman–Crippen LogP) is 5.38. The number of ether oxygens (including phenoxy) is 2. The highest BCUT2D eigenvalue weighted by molar-refractivity contribution is 7.21. The van der Waals surface area contributed by atoms with E-state index in [0.717, 1.165) is 15.8 Å². The number of halogens is 1. The molecule has 0 aliphatic carbocycles. The molecule has 1 heterocycles. The van der Waals surface area contributed by atoms with Gasteiger partial charge in [0.05, 0.1) is 12.1 Å². The zero-order chi connectivity index (χ0) is 17.8. The Morgan fingerprint density at radius 1 is 1.28 bits per heavy atom. The number of rotatable bonds is 6. The third-order valence-electron chi connectivity index (χ3n) is 3.50. The summed E-state index contributed by atoms with van der Waals surface area (Å²) in [4.78, 5) is 13.1. The van der Waals surface area contributed by atoms with Crippen LogP contribution in [0.2, 0.25) is 5.02 Å². The molecule has 0 unspecified atom stereocenters. The van der Waals surface area contributed by atoms with Crippen molar-refractivity contribution in [3.63, 3.8) is 0 Å². The minimum absolute atomic E-state index is 0.258. The molecule has 128 valence electrons. The van der Waals surface area contributed by atoms with Gasteiger partial charge in [-0.3, -0.25) is 4.79 Å². The first-order valence-corrected chi connectivity index (χ1v) is 8.73. The van der Waals surface area contributed by atoms with Crippen molar-refractivity contribution in [3.8, 4) is 11.5 Å². The molecule has 25 heavy (non-hydrogen) atoms. The Hall–Kier alpha value is -2.50. The lowest BCUT2D eigenvalue weighted by atomic mass is 10.2. The van der Waals surface area contributed by atoms with E-state index in [-0.39, 0.29) is 5.91 Å². The van der Waals surface area contributed by atoms with Gasteiger partial charge in [-0.15, -0.1) is 11.3 Å². The van der Waals surface area contributed by atoms with Crippen molar-refractivity contribution in [1.29, 1.82) is 0 Å². The SMILES string of the molecule is C=CCOc1cccc(NC(=O)c2sc3cc(OC)ccc3c2Cl)c1. The summed E-state index contributed by atoms with van der Waals surface area (Å²) in [7, 11) is 1.60. The molecule has 6 heteroatoms. The van der Waals surface area contributed by atoms with E-state index in [4.69, 9.17) is 21.1 Å². The second kappa shape index (κ2) is 7.59. The Morgan fingerprint density at radius 2 is 2.12 bits per heavy atom. The normalized spacial score (nSPS) is 10.5. The lowest BCUT2D eigenvalue weighted by molar-refractivity contribution is 0.103. The molecule has 0 atom stereocenters. The summed E-state index contributed by atoms with van der Waals surface area (Å²) in [6, 6.07) is 12.7. The van der Waals surface area contributed by atoms with Crippen LogP contribution in [0.3, 0.4) is 0 Å². The van der Waals surface area contributed by atoms with Crippen LogP contribution in [-0.4, -0.2) is 19.6 Å². The molecule has 0 fully saturated rings. The number of anilines is 1. The van der Waals surface area contributed by atoms with E-state index in [9.17, 15) is 4.79 Å². The van der Waals surface area contributed by atoms with Gasteiger partial charge in [0.15, 0.2) is 0 Å². The van der Waals surface area contributed by atoms with Crippen molar-refractivity contribution in [3.05, 3.63) is 65.0 Å². The summed E-state index contributed by atoms with van der Waals surface area (Å²) < 4.78 is 11.6. The maximum absolute atomic E-state index is 12.6. The van der Waals surface area contributed by atoms with Crippen molar-refractivity contribution in [2.45, 2.75) is 0 Å². The molecule has 4 nitrogen and oxygen atoms in total. The Bertz CT molecular complexity index is 936. The van der Waals surface area contributed by atoms with Gasteiger partial charge in [0.25, 0.3) is 5.91 Å². The van der Waals surface area contributed by atoms with Crippen LogP contribution < -0.4 is 14.8 Å². The highest BCUT2D eigenvalue weighted by Gasteiger charge is 2.18.